The van der Waals surface area contributed by atoms with Crippen LogP contribution in [-0.4, -0.2) is 22.8 Å². The third kappa shape index (κ3) is 4.26. The minimum atomic E-state index is 0. The molecule has 0 radical (unpaired) electrons. The van der Waals surface area contributed by atoms with Crippen molar-refractivity contribution in [3.63, 3.8) is 0 Å². The van der Waals surface area contributed by atoms with Gasteiger partial charge >= 0.3 is 0 Å². The molecule has 0 unspecified atom stereocenters. The van der Waals surface area contributed by atoms with Crippen molar-refractivity contribution in [2.45, 2.75) is 32.6 Å². The maximum Gasteiger partial charge on any atom is 0.0691 e. The molecule has 8 bridgehead atoms. The van der Waals surface area contributed by atoms with E-state index >= 15 is 0 Å². The highest BCUT2D eigenvalue weighted by molar-refractivity contribution is 6.15. The number of unbranched alkanes of at least 4 members (excludes halogenated alkanes) is 2. The van der Waals surface area contributed by atoms with Crippen LogP contribution in [0.2, 0.25) is 0 Å². The topological polar surface area (TPSA) is 84.4 Å². The van der Waals surface area contributed by atoms with Gasteiger partial charge in [0.05, 0.1) is 45.6 Å². The van der Waals surface area contributed by atoms with Crippen LogP contribution in [0, 0.1) is 0 Å². The Hall–Kier alpha value is -3.44. The van der Waals surface area contributed by atoms with Crippen LogP contribution in [0.5, 0.6) is 0 Å². The molecule has 0 aromatic heterocycles. The summed E-state index contributed by atoms with van der Waals surface area (Å²) in [6, 6.07) is 0. The molecular weight excluding hydrogens is 370 g/mol. The van der Waals surface area contributed by atoms with Crippen molar-refractivity contribution in [3.8, 4) is 0 Å². The molecule has 150 valence electrons. The Bertz CT molecular complexity index is 1140. The van der Waals surface area contributed by atoms with E-state index < -0.39 is 0 Å². The molecule has 0 aromatic rings. The fraction of sp³-hybridized carbons (Fsp3) is 0.200. The van der Waals surface area contributed by atoms with Crippen LogP contribution < -0.4 is 6.15 Å². The summed E-state index contributed by atoms with van der Waals surface area (Å²) in [6.07, 6.45) is 27.1. The Kier molecular flexibility index (Phi) is 5.63. The lowest BCUT2D eigenvalue weighted by Gasteiger charge is -2.03. The number of hydrogen-bond acceptors (Lipinski definition) is 5. The molecule has 0 saturated carbocycles. The Labute approximate surface area is 177 Å². The van der Waals surface area contributed by atoms with E-state index in [1.807, 2.05) is 54.7 Å². The van der Waals surface area contributed by atoms with E-state index in [2.05, 4.69) is 24.1 Å². The monoisotopic (exact) mass is 395 g/mol. The average Bonchev–Trinajstić information content (AvgIpc) is 3.47. The van der Waals surface area contributed by atoms with E-state index in [1.54, 1.807) is 0 Å². The first-order chi connectivity index (χ1) is 14.2. The minimum Gasteiger partial charge on any atom is -0.344 e. The Balaban J connectivity index is 0.00000218. The highest BCUT2D eigenvalue weighted by Crippen LogP contribution is 2.27. The van der Waals surface area contributed by atoms with E-state index in [0.717, 1.165) is 52.1 Å². The van der Waals surface area contributed by atoms with Crippen molar-refractivity contribution < 1.29 is 0 Å². The summed E-state index contributed by atoms with van der Waals surface area (Å²) >= 11 is 0. The predicted molar refractivity (Wildman–Crippen MR) is 127 cm³/mol. The maximum atomic E-state index is 4.87. The lowest BCUT2D eigenvalue weighted by Crippen LogP contribution is -1.91. The first-order valence-corrected chi connectivity index (χ1v) is 10.2. The zero-order valence-corrected chi connectivity index (χ0v) is 17.2. The van der Waals surface area contributed by atoms with Gasteiger partial charge in [-0.1, -0.05) is 19.8 Å². The third-order valence-electron chi connectivity index (χ3n) is 5.17. The number of fused-ring (bicyclic) bond motifs is 4. The third-order valence-corrected chi connectivity index (χ3v) is 5.17. The van der Waals surface area contributed by atoms with Crippen LogP contribution in [0.15, 0.2) is 115 Å². The Morgan fingerprint density at radius 1 is 0.567 bits per heavy atom. The van der Waals surface area contributed by atoms with Gasteiger partial charge in [-0.2, -0.15) is 0 Å². The molecule has 5 aliphatic heterocycles. The smallest absolute Gasteiger partial charge is 0.0691 e. The van der Waals surface area contributed by atoms with Gasteiger partial charge in [0.2, 0.25) is 0 Å². The quantitative estimate of drug-likeness (QED) is 0.609. The summed E-state index contributed by atoms with van der Waals surface area (Å²) in [7, 11) is 0. The molecule has 0 amide bonds. The highest BCUT2D eigenvalue weighted by atomic mass is 14.8. The van der Waals surface area contributed by atoms with Crippen LogP contribution in [0.1, 0.15) is 32.6 Å². The minimum absolute atomic E-state index is 0. The molecule has 3 N–H and O–H groups in total. The molecule has 30 heavy (non-hydrogen) atoms. The van der Waals surface area contributed by atoms with Gasteiger partial charge in [-0.15, -0.1) is 0 Å². The van der Waals surface area contributed by atoms with Crippen molar-refractivity contribution in [2.75, 3.05) is 0 Å². The van der Waals surface area contributed by atoms with Crippen LogP contribution in [-0.2, 0) is 0 Å². The lowest BCUT2D eigenvalue weighted by molar-refractivity contribution is 0.716. The number of aliphatic imine (C=N–C) groups is 4. The number of nitrogens with zero attached hydrogens (tertiary/aromatic N) is 4. The summed E-state index contributed by atoms with van der Waals surface area (Å²) in [6.45, 7) is 2.23. The summed E-state index contributed by atoms with van der Waals surface area (Å²) in [4.78, 5) is 19.0. The Morgan fingerprint density at radius 2 is 1.10 bits per heavy atom. The zero-order valence-electron chi connectivity index (χ0n) is 17.2. The molecule has 0 saturated heterocycles. The highest BCUT2D eigenvalue weighted by Gasteiger charge is 2.16. The molecule has 0 aromatic carbocycles. The Morgan fingerprint density at radius 3 is 1.67 bits per heavy atom. The molecule has 0 fully saturated rings. The summed E-state index contributed by atoms with van der Waals surface area (Å²) in [5, 5.41) is 0. The van der Waals surface area contributed by atoms with Crippen LogP contribution >= 0.6 is 0 Å². The molecule has 5 heteroatoms. The van der Waals surface area contributed by atoms with E-state index in [0.29, 0.717) is 0 Å². The zero-order chi connectivity index (χ0) is 19.6. The summed E-state index contributed by atoms with van der Waals surface area (Å²) < 4.78 is 0. The van der Waals surface area contributed by atoms with E-state index in [9.17, 15) is 0 Å². The van der Waals surface area contributed by atoms with Gasteiger partial charge < -0.3 is 6.15 Å². The number of allylic oxidation sites excluding steroid dienone is 12. The summed E-state index contributed by atoms with van der Waals surface area (Å²) in [5.41, 5.74) is 8.70. The van der Waals surface area contributed by atoms with Crippen molar-refractivity contribution >= 4 is 22.8 Å². The second kappa shape index (κ2) is 8.51. The van der Waals surface area contributed by atoms with Gasteiger partial charge in [0, 0.05) is 0 Å². The fourth-order valence-corrected chi connectivity index (χ4v) is 3.72. The van der Waals surface area contributed by atoms with Gasteiger partial charge in [0.15, 0.2) is 0 Å². The normalized spacial score (nSPS) is 20.5. The maximum absolute atomic E-state index is 4.87. The molecule has 5 nitrogen and oxygen atoms in total. The van der Waals surface area contributed by atoms with Gasteiger partial charge in [-0.05, 0) is 85.3 Å². The van der Waals surface area contributed by atoms with E-state index in [4.69, 9.17) is 15.0 Å². The molecule has 5 aliphatic rings. The van der Waals surface area contributed by atoms with E-state index in [-0.39, 0.29) is 6.15 Å². The first kappa shape index (κ1) is 19.9. The lowest BCUT2D eigenvalue weighted by atomic mass is 10.0. The summed E-state index contributed by atoms with van der Waals surface area (Å²) in [5.74, 6) is 0. The molecule has 0 spiro atoms. The van der Waals surface area contributed by atoms with Crippen molar-refractivity contribution in [1.29, 1.82) is 0 Å². The SMILES string of the molecule is CCCCCC1=CC2=NC1=CC1=NC(=CC3=NC(=CC4=NC(=C2)C=C4)C=C3)C=C1.N. The second-order valence-corrected chi connectivity index (χ2v) is 7.51. The van der Waals surface area contributed by atoms with Crippen LogP contribution in [0.4, 0.5) is 0 Å². The van der Waals surface area contributed by atoms with Gasteiger partial charge in [-0.25, -0.2) is 20.0 Å². The molecular formula is C25H25N5. The van der Waals surface area contributed by atoms with Crippen molar-refractivity contribution in [3.05, 3.63) is 95.2 Å². The molecule has 0 atom stereocenters. The number of hydrogen-bond donors (Lipinski definition) is 1. The van der Waals surface area contributed by atoms with Crippen LogP contribution in [0.25, 0.3) is 0 Å². The van der Waals surface area contributed by atoms with Crippen molar-refractivity contribution in [1.82, 2.24) is 6.15 Å². The van der Waals surface area contributed by atoms with E-state index in [1.165, 1.54) is 24.8 Å². The van der Waals surface area contributed by atoms with Gasteiger partial charge in [0.25, 0.3) is 0 Å². The van der Waals surface area contributed by atoms with Gasteiger partial charge in [-0.3, -0.25) is 0 Å². The predicted octanol–water partition coefficient (Wildman–Crippen LogP) is 5.69. The first-order valence-electron chi connectivity index (χ1n) is 10.2. The van der Waals surface area contributed by atoms with Crippen molar-refractivity contribution in [2.24, 2.45) is 20.0 Å². The van der Waals surface area contributed by atoms with Gasteiger partial charge in [0.1, 0.15) is 0 Å². The second-order valence-electron chi connectivity index (χ2n) is 7.51. The van der Waals surface area contributed by atoms with Crippen LogP contribution in [0.3, 0.4) is 0 Å². The molecule has 0 aliphatic carbocycles. The molecule has 5 heterocycles. The fourth-order valence-electron chi connectivity index (χ4n) is 3.72. The molecule has 5 rings (SSSR count). The average molecular weight is 396 g/mol. The number of rotatable bonds is 4. The largest absolute Gasteiger partial charge is 0.344 e. The standard InChI is InChI=1S/C25H22N4.H3N/c1-2-3-4-5-17-12-24-15-22-9-8-20(27-22)13-18-6-7-19(26-18)14-21-10-11-23(28-21)16-25(17)29-24;/h6-16H,2-5H2,1H3;1H3.